The van der Waals surface area contributed by atoms with Crippen molar-refractivity contribution in [3.8, 4) is 0 Å². The van der Waals surface area contributed by atoms with Crippen LogP contribution < -0.4 is 17.1 Å². The van der Waals surface area contributed by atoms with E-state index in [1.807, 2.05) is 0 Å². The van der Waals surface area contributed by atoms with Crippen LogP contribution >= 0.6 is 0 Å². The van der Waals surface area contributed by atoms with Gasteiger partial charge in [0, 0.05) is 0 Å². The molecule has 0 unspecified atom stereocenters. The van der Waals surface area contributed by atoms with Gasteiger partial charge in [0.05, 0.1) is 6.20 Å². The number of rotatable bonds is 1. The van der Waals surface area contributed by atoms with Crippen molar-refractivity contribution >= 4 is 28.1 Å². The molecular weight excluding hydrogens is 278 g/mol. The highest BCUT2D eigenvalue weighted by molar-refractivity contribution is 5.81. The largest absolute Gasteiger partial charge is 0.383 e. The van der Waals surface area contributed by atoms with Crippen LogP contribution in [0.5, 0.6) is 0 Å². The molecule has 0 atom stereocenters. The van der Waals surface area contributed by atoms with Gasteiger partial charge in [0.15, 0.2) is 11.3 Å². The first-order valence-corrected chi connectivity index (χ1v) is 5.79. The van der Waals surface area contributed by atoms with Gasteiger partial charge in [0.25, 0.3) is 0 Å². The van der Waals surface area contributed by atoms with E-state index in [-0.39, 0.29) is 17.0 Å². The van der Waals surface area contributed by atoms with Gasteiger partial charge >= 0.3 is 11.4 Å². The minimum Gasteiger partial charge on any atom is -0.383 e. The van der Waals surface area contributed by atoms with Gasteiger partial charge < -0.3 is 5.73 Å². The number of anilines is 1. The first-order chi connectivity index (χ1) is 10.1. The molecule has 4 N–H and O–H groups in total. The van der Waals surface area contributed by atoms with Crippen molar-refractivity contribution in [2.24, 2.45) is 0 Å². The van der Waals surface area contributed by atoms with Crippen molar-refractivity contribution in [2.75, 3.05) is 5.73 Å². The molecule has 104 valence electrons. The molecule has 4 heterocycles. The van der Waals surface area contributed by atoms with Gasteiger partial charge in [-0.3, -0.25) is 9.97 Å². The maximum Gasteiger partial charge on any atom is 0.348 e. The Hall–Kier alpha value is -3.50. The van der Waals surface area contributed by atoms with Crippen LogP contribution in [0.25, 0.3) is 22.3 Å². The Morgan fingerprint density at radius 1 is 1.14 bits per heavy atom. The third kappa shape index (κ3) is 1.47. The summed E-state index contributed by atoms with van der Waals surface area (Å²) in [4.78, 5) is 44.2. The zero-order chi connectivity index (χ0) is 14.6. The maximum absolute atomic E-state index is 12.1. The highest BCUT2D eigenvalue weighted by Crippen LogP contribution is 2.13. The molecular formula is C10H7N9O2. The van der Waals surface area contributed by atoms with E-state index in [2.05, 4.69) is 29.9 Å². The monoisotopic (exact) mass is 285 g/mol. The summed E-state index contributed by atoms with van der Waals surface area (Å²) in [5, 5.41) is 0. The number of nitrogens with one attached hydrogen (secondary N) is 2. The number of aromatic nitrogens is 8. The molecule has 0 spiro atoms. The summed E-state index contributed by atoms with van der Waals surface area (Å²) in [5.74, 6) is 0.0277. The van der Waals surface area contributed by atoms with Gasteiger partial charge in [-0.2, -0.15) is 9.66 Å². The maximum atomic E-state index is 12.1. The lowest BCUT2D eigenvalue weighted by atomic mass is 10.5. The van der Waals surface area contributed by atoms with Gasteiger partial charge in [-0.15, -0.1) is 0 Å². The number of hydrogen-bond acceptors (Lipinski definition) is 7. The summed E-state index contributed by atoms with van der Waals surface area (Å²) in [7, 11) is 0. The Morgan fingerprint density at radius 3 is 2.86 bits per heavy atom. The third-order valence-corrected chi connectivity index (χ3v) is 2.98. The van der Waals surface area contributed by atoms with Crippen molar-refractivity contribution < 1.29 is 0 Å². The molecule has 0 aromatic carbocycles. The Labute approximate surface area is 114 Å². The Balaban J connectivity index is 2.18. The standard InChI is InChI=1S/C10H7N9O2/c11-6-5-8(17-9(20)16-6)19(10(21)15-5)18-3-14-4-1-12-2-13-7(4)18/h1-3H,(H,15,21)(H3,11,16,17,20). The fraction of sp³-hybridized carbons (Fsp3) is 0. The van der Waals surface area contributed by atoms with E-state index in [4.69, 9.17) is 5.73 Å². The topological polar surface area (TPSA) is 153 Å². The predicted octanol–water partition coefficient (Wildman–Crippen LogP) is -1.55. The Kier molecular flexibility index (Phi) is 2.03. The molecule has 11 nitrogen and oxygen atoms in total. The molecule has 0 saturated heterocycles. The van der Waals surface area contributed by atoms with E-state index < -0.39 is 11.4 Å². The van der Waals surface area contributed by atoms with E-state index in [1.54, 1.807) is 0 Å². The van der Waals surface area contributed by atoms with E-state index in [0.717, 1.165) is 4.68 Å². The lowest BCUT2D eigenvalue weighted by molar-refractivity contribution is 0.660. The number of hydrogen-bond donors (Lipinski definition) is 3. The highest BCUT2D eigenvalue weighted by Gasteiger charge is 2.16. The van der Waals surface area contributed by atoms with Crippen molar-refractivity contribution in [3.05, 3.63) is 39.8 Å². The van der Waals surface area contributed by atoms with Gasteiger partial charge in [-0.1, -0.05) is 0 Å². The average Bonchev–Trinajstić information content (AvgIpc) is 3.00. The molecule has 0 aliphatic carbocycles. The molecule has 21 heavy (non-hydrogen) atoms. The number of imidazole rings is 2. The summed E-state index contributed by atoms with van der Waals surface area (Å²) in [6.45, 7) is 0. The molecule has 11 heteroatoms. The third-order valence-electron chi connectivity index (χ3n) is 2.98. The van der Waals surface area contributed by atoms with Gasteiger partial charge in [0.2, 0.25) is 0 Å². The Morgan fingerprint density at radius 2 is 2.00 bits per heavy atom. The van der Waals surface area contributed by atoms with Crippen LogP contribution in [0, 0.1) is 0 Å². The molecule has 4 aromatic heterocycles. The Bertz CT molecular complexity index is 1100. The summed E-state index contributed by atoms with van der Waals surface area (Å²) in [6, 6.07) is 0. The number of nitrogen functional groups attached to an aromatic ring is 1. The molecule has 0 saturated carbocycles. The second-order valence-corrected chi connectivity index (χ2v) is 4.22. The lowest BCUT2D eigenvalue weighted by Crippen LogP contribution is -2.24. The molecule has 0 amide bonds. The van der Waals surface area contributed by atoms with E-state index >= 15 is 0 Å². The number of nitrogens with two attached hydrogens (primary N) is 1. The van der Waals surface area contributed by atoms with Crippen LogP contribution in [0.15, 0.2) is 28.4 Å². The summed E-state index contributed by atoms with van der Waals surface area (Å²) >= 11 is 0. The zero-order valence-corrected chi connectivity index (χ0v) is 10.3. The predicted molar refractivity (Wildman–Crippen MR) is 71.5 cm³/mol. The fourth-order valence-electron chi connectivity index (χ4n) is 2.11. The summed E-state index contributed by atoms with van der Waals surface area (Å²) in [5.41, 5.74) is 5.70. The number of aromatic amines is 2. The van der Waals surface area contributed by atoms with E-state index in [0.29, 0.717) is 11.2 Å². The molecule has 4 rings (SSSR count). The van der Waals surface area contributed by atoms with Gasteiger partial charge in [0.1, 0.15) is 29.5 Å². The van der Waals surface area contributed by atoms with E-state index in [1.165, 1.54) is 23.5 Å². The smallest absolute Gasteiger partial charge is 0.348 e. The van der Waals surface area contributed by atoms with Gasteiger partial charge in [-0.05, 0) is 0 Å². The quantitative estimate of drug-likeness (QED) is 0.382. The molecule has 0 fully saturated rings. The van der Waals surface area contributed by atoms with Crippen LogP contribution in [0.4, 0.5) is 5.82 Å². The minimum atomic E-state index is -0.660. The number of fused-ring (bicyclic) bond motifs is 2. The van der Waals surface area contributed by atoms with Crippen LogP contribution in [0.3, 0.4) is 0 Å². The average molecular weight is 285 g/mol. The first kappa shape index (κ1) is 11.3. The van der Waals surface area contributed by atoms with Crippen molar-refractivity contribution in [1.82, 2.24) is 39.3 Å². The first-order valence-electron chi connectivity index (χ1n) is 5.79. The summed E-state index contributed by atoms with van der Waals surface area (Å²) in [6.07, 6.45) is 4.22. The zero-order valence-electron chi connectivity index (χ0n) is 10.3. The van der Waals surface area contributed by atoms with Crippen LogP contribution in [-0.2, 0) is 0 Å². The molecule has 0 bridgehead atoms. The highest BCUT2D eigenvalue weighted by atomic mass is 16.2. The minimum absolute atomic E-state index is 0.0277. The van der Waals surface area contributed by atoms with Crippen LogP contribution in [0.2, 0.25) is 0 Å². The number of H-pyrrole nitrogens is 2. The lowest BCUT2D eigenvalue weighted by Gasteiger charge is -2.03. The van der Waals surface area contributed by atoms with Crippen molar-refractivity contribution in [1.29, 1.82) is 0 Å². The molecule has 4 aromatic rings. The van der Waals surface area contributed by atoms with Crippen molar-refractivity contribution in [3.63, 3.8) is 0 Å². The molecule has 0 radical (unpaired) electrons. The SMILES string of the molecule is Nc1[nH]c(=O)nc2c1[nH]c(=O)n2-n1cnc2cncnc21. The number of nitrogens with zero attached hydrogens (tertiary/aromatic N) is 6. The van der Waals surface area contributed by atoms with E-state index in [9.17, 15) is 9.59 Å². The fourth-order valence-corrected chi connectivity index (χ4v) is 2.11. The molecule has 0 aliphatic heterocycles. The van der Waals surface area contributed by atoms with Crippen LogP contribution in [0.1, 0.15) is 0 Å². The second-order valence-electron chi connectivity index (χ2n) is 4.22. The summed E-state index contributed by atoms with van der Waals surface area (Å²) < 4.78 is 2.49. The molecule has 0 aliphatic rings. The van der Waals surface area contributed by atoms with Crippen molar-refractivity contribution in [2.45, 2.75) is 0 Å². The second kappa shape index (κ2) is 3.75. The normalized spacial score (nSPS) is 11.4. The van der Waals surface area contributed by atoms with Crippen LogP contribution in [-0.4, -0.2) is 39.3 Å². The van der Waals surface area contributed by atoms with Gasteiger partial charge in [-0.25, -0.2) is 29.2 Å².